The average Bonchev–Trinajstić information content (AvgIpc) is 2.77. The zero-order valence-electron chi connectivity index (χ0n) is 20.7. The van der Waals surface area contributed by atoms with Crippen LogP contribution in [-0.4, -0.2) is 83.2 Å². The molecule has 0 fully saturated rings. The Morgan fingerprint density at radius 2 is 1.37 bits per heavy atom. The summed E-state index contributed by atoms with van der Waals surface area (Å²) in [5.41, 5.74) is 22.0. The second-order valence-corrected chi connectivity index (χ2v) is 8.69. The van der Waals surface area contributed by atoms with Gasteiger partial charge in [0.2, 0.25) is 17.7 Å². The summed E-state index contributed by atoms with van der Waals surface area (Å²) in [6.07, 6.45) is 0.349. The van der Waals surface area contributed by atoms with Crippen molar-refractivity contribution in [2.24, 2.45) is 33.8 Å². The van der Waals surface area contributed by atoms with E-state index in [9.17, 15) is 29.4 Å². The van der Waals surface area contributed by atoms with Gasteiger partial charge in [-0.3, -0.25) is 19.4 Å². The molecule has 0 radical (unpaired) electrons. The normalized spacial score (nSPS) is 15.3. The highest BCUT2D eigenvalue weighted by Gasteiger charge is 2.31. The van der Waals surface area contributed by atoms with Crippen molar-refractivity contribution in [3.8, 4) is 0 Å². The molecule has 202 valence electrons. The number of unbranched alkanes of at least 4 members (excludes halogenated alkanes) is 1. The molecule has 0 spiro atoms. The number of aliphatic imine (C=N–C) groups is 1. The van der Waals surface area contributed by atoms with Crippen molar-refractivity contribution in [2.45, 2.75) is 83.1 Å². The summed E-state index contributed by atoms with van der Waals surface area (Å²) in [5.74, 6) is -3.69. The SMILES string of the molecule is CC(C)C(N)C(=O)NC(CCCN=C(N)N)C(=O)NC(CCCCN)C(=O)NC(C(=O)O)C(C)O. The van der Waals surface area contributed by atoms with Crippen molar-refractivity contribution >= 4 is 29.7 Å². The topological polar surface area (TPSA) is 261 Å². The maximum absolute atomic E-state index is 13.1. The first-order valence-corrected chi connectivity index (χ1v) is 11.6. The van der Waals surface area contributed by atoms with Gasteiger partial charge in [0.1, 0.15) is 12.1 Å². The minimum absolute atomic E-state index is 0.111. The number of aliphatic carboxylic acids is 1. The van der Waals surface area contributed by atoms with E-state index in [2.05, 4.69) is 20.9 Å². The number of carboxylic acid groups (broad SMARTS) is 1. The number of hydrogen-bond acceptors (Lipinski definition) is 8. The minimum atomic E-state index is -1.56. The number of nitrogens with one attached hydrogen (secondary N) is 3. The first-order chi connectivity index (χ1) is 16.3. The molecular weight excluding hydrogens is 460 g/mol. The summed E-state index contributed by atoms with van der Waals surface area (Å²) >= 11 is 0. The first-order valence-electron chi connectivity index (χ1n) is 11.6. The lowest BCUT2D eigenvalue weighted by Crippen LogP contribution is -2.58. The van der Waals surface area contributed by atoms with Gasteiger partial charge in [-0.25, -0.2) is 4.79 Å². The monoisotopic (exact) mass is 502 g/mol. The molecule has 0 aliphatic heterocycles. The second kappa shape index (κ2) is 16.6. The molecule has 5 atom stereocenters. The van der Waals surface area contributed by atoms with Crippen LogP contribution >= 0.6 is 0 Å². The number of nitrogens with zero attached hydrogens (tertiary/aromatic N) is 1. The van der Waals surface area contributed by atoms with E-state index in [1.54, 1.807) is 13.8 Å². The number of guanidine groups is 1. The van der Waals surface area contributed by atoms with Gasteiger partial charge in [-0.05, 0) is 51.5 Å². The highest BCUT2D eigenvalue weighted by atomic mass is 16.4. The number of carbonyl (C=O) groups excluding carboxylic acids is 3. The smallest absolute Gasteiger partial charge is 0.328 e. The van der Waals surface area contributed by atoms with Gasteiger partial charge in [-0.1, -0.05) is 13.8 Å². The van der Waals surface area contributed by atoms with Crippen LogP contribution in [0.4, 0.5) is 0 Å². The fourth-order valence-corrected chi connectivity index (χ4v) is 3.02. The van der Waals surface area contributed by atoms with E-state index < -0.39 is 54.0 Å². The number of nitrogens with two attached hydrogens (primary N) is 4. The van der Waals surface area contributed by atoms with Crippen LogP contribution in [-0.2, 0) is 19.2 Å². The molecule has 0 aromatic heterocycles. The van der Waals surface area contributed by atoms with Crippen LogP contribution in [0.5, 0.6) is 0 Å². The lowest BCUT2D eigenvalue weighted by molar-refractivity contribution is -0.145. The summed E-state index contributed by atoms with van der Waals surface area (Å²) in [6.45, 7) is 5.33. The minimum Gasteiger partial charge on any atom is -0.480 e. The summed E-state index contributed by atoms with van der Waals surface area (Å²) < 4.78 is 0. The van der Waals surface area contributed by atoms with Crippen LogP contribution in [0.25, 0.3) is 0 Å². The molecule has 0 saturated carbocycles. The van der Waals surface area contributed by atoms with Crippen LogP contribution in [0.2, 0.25) is 0 Å². The van der Waals surface area contributed by atoms with Gasteiger partial charge in [0, 0.05) is 6.54 Å². The molecule has 0 saturated heterocycles. The van der Waals surface area contributed by atoms with E-state index in [0.717, 1.165) is 0 Å². The molecule has 5 unspecified atom stereocenters. The summed E-state index contributed by atoms with van der Waals surface area (Å²) in [6, 6.07) is -4.58. The Kier molecular flexibility index (Phi) is 15.2. The maximum Gasteiger partial charge on any atom is 0.328 e. The van der Waals surface area contributed by atoms with Gasteiger partial charge < -0.3 is 49.1 Å². The highest BCUT2D eigenvalue weighted by Crippen LogP contribution is 2.07. The van der Waals surface area contributed by atoms with Crippen molar-refractivity contribution in [1.82, 2.24) is 16.0 Å². The molecule has 0 rings (SSSR count). The van der Waals surface area contributed by atoms with Gasteiger partial charge in [-0.15, -0.1) is 0 Å². The van der Waals surface area contributed by atoms with Crippen molar-refractivity contribution < 1.29 is 29.4 Å². The van der Waals surface area contributed by atoms with Crippen LogP contribution in [0, 0.1) is 5.92 Å². The van der Waals surface area contributed by atoms with Crippen molar-refractivity contribution in [3.05, 3.63) is 0 Å². The average molecular weight is 503 g/mol. The predicted molar refractivity (Wildman–Crippen MR) is 131 cm³/mol. The molecule has 14 heteroatoms. The number of carbonyl (C=O) groups is 4. The maximum atomic E-state index is 13.1. The highest BCUT2D eigenvalue weighted by molar-refractivity contribution is 5.94. The van der Waals surface area contributed by atoms with Crippen molar-refractivity contribution in [1.29, 1.82) is 0 Å². The molecule has 13 N–H and O–H groups in total. The number of amides is 3. The third-order valence-corrected chi connectivity index (χ3v) is 5.23. The molecule has 0 aliphatic carbocycles. The Labute approximate surface area is 205 Å². The molecule has 0 heterocycles. The molecule has 0 aromatic carbocycles. The van der Waals surface area contributed by atoms with Crippen molar-refractivity contribution in [2.75, 3.05) is 13.1 Å². The quantitative estimate of drug-likeness (QED) is 0.0555. The van der Waals surface area contributed by atoms with E-state index in [1.807, 2.05) is 0 Å². The third-order valence-electron chi connectivity index (χ3n) is 5.23. The molecular formula is C21H42N8O6. The first kappa shape index (κ1) is 32.0. The Hall–Kier alpha value is -2.97. The van der Waals surface area contributed by atoms with Gasteiger partial charge in [0.05, 0.1) is 12.1 Å². The molecule has 0 bridgehead atoms. The molecule has 0 aromatic rings. The largest absolute Gasteiger partial charge is 0.480 e. The van der Waals surface area contributed by atoms with Crippen molar-refractivity contribution in [3.63, 3.8) is 0 Å². The predicted octanol–water partition coefficient (Wildman–Crippen LogP) is -2.93. The third kappa shape index (κ3) is 12.9. The number of hydrogen-bond donors (Lipinski definition) is 9. The zero-order chi connectivity index (χ0) is 27.1. The van der Waals surface area contributed by atoms with Gasteiger partial charge >= 0.3 is 5.97 Å². The molecule has 14 nitrogen and oxygen atoms in total. The summed E-state index contributed by atoms with van der Waals surface area (Å²) in [5, 5.41) is 26.3. The lowest BCUT2D eigenvalue weighted by Gasteiger charge is -2.26. The Balaban J connectivity index is 5.61. The van der Waals surface area contributed by atoms with Crippen LogP contribution in [0.1, 0.15) is 52.9 Å². The number of aliphatic hydroxyl groups excluding tert-OH is 1. The standard InChI is InChI=1S/C21H42N8O6/c1-11(2)15(23)19(33)28-14(8-6-10-26-21(24)25)17(31)27-13(7-4-5-9-22)18(32)29-16(12(3)30)20(34)35/h11-16,30H,4-10,22-23H2,1-3H3,(H,27,31)(H,28,33)(H,29,32)(H,34,35)(H4,24,25,26). The van der Waals surface area contributed by atoms with Crippen LogP contribution in [0.3, 0.4) is 0 Å². The lowest BCUT2D eigenvalue weighted by atomic mass is 10.0. The summed E-state index contributed by atoms with van der Waals surface area (Å²) in [7, 11) is 0. The number of carboxylic acids is 1. The Morgan fingerprint density at radius 3 is 1.83 bits per heavy atom. The summed E-state index contributed by atoms with van der Waals surface area (Å²) in [4.78, 5) is 53.6. The Bertz CT molecular complexity index is 727. The van der Waals surface area contributed by atoms with Crippen LogP contribution < -0.4 is 38.9 Å². The number of rotatable bonds is 17. The van der Waals surface area contributed by atoms with E-state index in [1.165, 1.54) is 6.92 Å². The van der Waals surface area contributed by atoms with E-state index in [-0.39, 0.29) is 31.3 Å². The second-order valence-electron chi connectivity index (χ2n) is 8.69. The number of aliphatic hydroxyl groups is 1. The molecule has 35 heavy (non-hydrogen) atoms. The van der Waals surface area contributed by atoms with Gasteiger partial charge in [-0.2, -0.15) is 0 Å². The fourth-order valence-electron chi connectivity index (χ4n) is 3.02. The van der Waals surface area contributed by atoms with E-state index in [0.29, 0.717) is 25.8 Å². The zero-order valence-corrected chi connectivity index (χ0v) is 20.7. The molecule has 3 amide bonds. The van der Waals surface area contributed by atoms with Gasteiger partial charge in [0.25, 0.3) is 0 Å². The molecule has 0 aliphatic rings. The Morgan fingerprint density at radius 1 is 0.857 bits per heavy atom. The van der Waals surface area contributed by atoms with Gasteiger partial charge in [0.15, 0.2) is 12.0 Å². The van der Waals surface area contributed by atoms with E-state index >= 15 is 0 Å². The van der Waals surface area contributed by atoms with Crippen LogP contribution in [0.15, 0.2) is 4.99 Å². The fraction of sp³-hybridized carbons (Fsp3) is 0.762. The van der Waals surface area contributed by atoms with E-state index in [4.69, 9.17) is 22.9 Å².